The van der Waals surface area contributed by atoms with E-state index in [1.165, 1.54) is 10.6 Å². The molecule has 5 nitrogen and oxygen atoms in total. The topological polar surface area (TPSA) is 50.3 Å². The van der Waals surface area contributed by atoms with Crippen LogP contribution in [0.5, 0.6) is 5.75 Å². The maximum absolute atomic E-state index is 8.82. The molecule has 2 rings (SSSR count). The summed E-state index contributed by atoms with van der Waals surface area (Å²) in [7, 11) is 1.58. The predicted octanol–water partition coefficient (Wildman–Crippen LogP) is 4.54. The quantitative estimate of drug-likeness (QED) is 0.229. The number of hydrogen-bond acceptors (Lipinski definition) is 4. The summed E-state index contributed by atoms with van der Waals surface area (Å²) in [6, 6.07) is 5.22. The second-order valence-corrected chi connectivity index (χ2v) is 7.72. The number of aryl methyl sites for hydroxylation is 1. The van der Waals surface area contributed by atoms with Gasteiger partial charge in [0.1, 0.15) is 12.4 Å². The number of nitrogens with zero attached hydrogens (tertiary/aromatic N) is 2. The number of aromatic nitrogens is 1. The highest BCUT2D eigenvalue weighted by atomic mass is 35.5. The molecule has 146 valence electrons. The molecule has 0 atom stereocenters. The van der Waals surface area contributed by atoms with E-state index in [0.29, 0.717) is 16.3 Å². The number of hydrogen-bond donors (Lipinski definition) is 1. The third-order valence-corrected chi connectivity index (χ3v) is 5.65. The number of rotatable bonds is 8. The van der Waals surface area contributed by atoms with Gasteiger partial charge in [-0.2, -0.15) is 5.41 Å². The third kappa shape index (κ3) is 4.82. The van der Waals surface area contributed by atoms with Crippen LogP contribution in [0.25, 0.3) is 0 Å². The second-order valence-electron chi connectivity index (χ2n) is 6.10. The smallest absolute Gasteiger partial charge is 0.325 e. The first-order valence-electron chi connectivity index (χ1n) is 8.90. The Kier molecular flexibility index (Phi) is 7.68. The molecule has 0 radical (unpaired) electrons. The van der Waals surface area contributed by atoms with E-state index in [1.807, 2.05) is 0 Å². The molecule has 0 aliphatic carbocycles. The van der Waals surface area contributed by atoms with Crippen LogP contribution in [-0.4, -0.2) is 24.1 Å². The highest BCUT2D eigenvalue weighted by molar-refractivity contribution is 7.09. The van der Waals surface area contributed by atoms with Crippen molar-refractivity contribution in [2.75, 3.05) is 13.7 Å². The molecule has 0 saturated heterocycles. The molecule has 0 saturated carbocycles. The largest absolute Gasteiger partial charge is 0.496 e. The molecule has 0 spiro atoms. The zero-order chi connectivity index (χ0) is 20.0. The Morgan fingerprint density at radius 3 is 2.78 bits per heavy atom. The van der Waals surface area contributed by atoms with Crippen molar-refractivity contribution in [3.63, 3.8) is 0 Å². The van der Waals surface area contributed by atoms with Gasteiger partial charge in [0.05, 0.1) is 24.9 Å². The lowest BCUT2D eigenvalue weighted by molar-refractivity contribution is 0.0592. The van der Waals surface area contributed by atoms with Crippen LogP contribution in [0.1, 0.15) is 35.9 Å². The fourth-order valence-corrected chi connectivity index (χ4v) is 3.92. The summed E-state index contributed by atoms with van der Waals surface area (Å²) in [5.41, 5.74) is 1.75. The zero-order valence-corrected chi connectivity index (χ0v) is 17.9. The van der Waals surface area contributed by atoms with Crippen molar-refractivity contribution >= 4 is 28.8 Å². The first kappa shape index (κ1) is 21.3. The fourth-order valence-electron chi connectivity index (χ4n) is 2.65. The van der Waals surface area contributed by atoms with Crippen molar-refractivity contribution < 1.29 is 9.57 Å². The van der Waals surface area contributed by atoms with Crippen molar-refractivity contribution in [2.24, 2.45) is 0 Å². The van der Waals surface area contributed by atoms with Crippen LogP contribution in [0.4, 0.5) is 0 Å². The van der Waals surface area contributed by atoms with Crippen LogP contribution >= 0.6 is 22.9 Å². The summed E-state index contributed by atoms with van der Waals surface area (Å²) in [6.07, 6.45) is 3.81. The summed E-state index contributed by atoms with van der Waals surface area (Å²) < 4.78 is 9.19. The van der Waals surface area contributed by atoms with Gasteiger partial charge in [0.2, 0.25) is 0 Å². The monoisotopic (exact) mass is 408 g/mol. The number of nitrogens with one attached hydrogen (secondary N) is 1. The van der Waals surface area contributed by atoms with Crippen LogP contribution in [0.15, 0.2) is 30.9 Å². The van der Waals surface area contributed by atoms with Crippen LogP contribution in [0.3, 0.4) is 0 Å². The second kappa shape index (κ2) is 9.76. The molecule has 0 unspecified atom stereocenters. The Balaban J connectivity index is 2.71. The lowest BCUT2D eigenvalue weighted by Crippen LogP contribution is -2.39. The number of halogens is 1. The third-order valence-electron chi connectivity index (χ3n) is 4.24. The summed E-state index contributed by atoms with van der Waals surface area (Å²) in [4.78, 5) is 7.95. The molecule has 0 aliphatic rings. The molecule has 0 bridgehead atoms. The van der Waals surface area contributed by atoms with Gasteiger partial charge >= 0.3 is 10.6 Å². The number of ether oxygens (including phenoxy) is 1. The SMILES string of the molecule is C=CCO/[N+](C(=N)c1cc(Cl)ccc1OC)=c1\sc(C)c(C)n1CCCC. The van der Waals surface area contributed by atoms with Gasteiger partial charge in [-0.05, 0) is 43.2 Å². The summed E-state index contributed by atoms with van der Waals surface area (Å²) in [5, 5.41) is 9.36. The van der Waals surface area contributed by atoms with E-state index in [9.17, 15) is 0 Å². The van der Waals surface area contributed by atoms with E-state index in [0.717, 1.165) is 24.2 Å². The normalized spacial score (nSPS) is 11.9. The van der Waals surface area contributed by atoms with Crippen molar-refractivity contribution in [2.45, 2.75) is 40.2 Å². The highest BCUT2D eigenvalue weighted by Gasteiger charge is 2.24. The van der Waals surface area contributed by atoms with E-state index in [4.69, 9.17) is 26.6 Å². The Bertz CT molecular complexity index is 899. The maximum atomic E-state index is 8.82. The highest BCUT2D eigenvalue weighted by Crippen LogP contribution is 2.23. The Morgan fingerprint density at radius 1 is 1.41 bits per heavy atom. The number of unbranched alkanes of at least 4 members (excludes halogenated alkanes) is 1. The van der Waals surface area contributed by atoms with Crippen LogP contribution in [0, 0.1) is 19.3 Å². The first-order valence-corrected chi connectivity index (χ1v) is 10.1. The summed E-state index contributed by atoms with van der Waals surface area (Å²) in [6.45, 7) is 11.2. The predicted molar refractivity (Wildman–Crippen MR) is 113 cm³/mol. The van der Waals surface area contributed by atoms with Gasteiger partial charge in [-0.25, -0.2) is 0 Å². The number of hydroxylamine groups is 1. The van der Waals surface area contributed by atoms with Crippen molar-refractivity contribution in [1.29, 1.82) is 5.41 Å². The Labute approximate surface area is 169 Å². The van der Waals surface area contributed by atoms with Crippen molar-refractivity contribution in [3.8, 4) is 5.75 Å². The van der Waals surface area contributed by atoms with Gasteiger partial charge in [-0.1, -0.05) is 48.9 Å². The standard InChI is InChI=1S/C20H27ClN3O2S/c1-6-8-11-23-14(3)15(4)27-20(23)24(26-12-7-2)19(22)17-13-16(21)9-10-18(17)25-5/h7,9-10,13,22H,2,6,8,11-12H2,1,3-5H3/q+1. The van der Waals surface area contributed by atoms with E-state index < -0.39 is 0 Å². The van der Waals surface area contributed by atoms with E-state index in [2.05, 4.69) is 31.9 Å². The van der Waals surface area contributed by atoms with Gasteiger partial charge < -0.3 is 9.57 Å². The van der Waals surface area contributed by atoms with Crippen LogP contribution < -0.4 is 14.3 Å². The Morgan fingerprint density at radius 2 is 2.15 bits per heavy atom. The molecule has 7 heteroatoms. The molecule has 1 aromatic carbocycles. The van der Waals surface area contributed by atoms with Crippen molar-refractivity contribution in [1.82, 2.24) is 9.31 Å². The van der Waals surface area contributed by atoms with Crippen LogP contribution in [0.2, 0.25) is 5.02 Å². The van der Waals surface area contributed by atoms with Gasteiger partial charge in [-0.15, -0.1) is 0 Å². The van der Waals surface area contributed by atoms with Gasteiger partial charge in [-0.3, -0.25) is 4.57 Å². The Hall–Kier alpha value is -2.05. The van der Waals surface area contributed by atoms with Gasteiger partial charge in [0.15, 0.2) is 0 Å². The average Bonchev–Trinajstić information content (AvgIpc) is 2.94. The molecular weight excluding hydrogens is 382 g/mol. The van der Waals surface area contributed by atoms with Gasteiger partial charge in [0, 0.05) is 9.90 Å². The zero-order valence-electron chi connectivity index (χ0n) is 16.3. The number of thiazole rings is 1. The summed E-state index contributed by atoms with van der Waals surface area (Å²) >= 11 is 7.78. The first-order chi connectivity index (χ1) is 12.9. The molecule has 0 amide bonds. The summed E-state index contributed by atoms with van der Waals surface area (Å²) in [5.74, 6) is 0.740. The van der Waals surface area contributed by atoms with E-state index >= 15 is 0 Å². The lowest BCUT2D eigenvalue weighted by atomic mass is 10.2. The van der Waals surface area contributed by atoms with E-state index in [1.54, 1.807) is 47.5 Å². The van der Waals surface area contributed by atoms with E-state index in [-0.39, 0.29) is 12.4 Å². The molecule has 27 heavy (non-hydrogen) atoms. The number of methoxy groups -OCH3 is 1. The number of amidine groups is 1. The maximum Gasteiger partial charge on any atom is 0.325 e. The molecule has 1 N–H and O–H groups in total. The minimum Gasteiger partial charge on any atom is -0.496 e. The number of benzene rings is 1. The molecule has 1 aromatic heterocycles. The lowest BCUT2D eigenvalue weighted by Gasteiger charge is -2.11. The van der Waals surface area contributed by atoms with Gasteiger partial charge in [0.25, 0.3) is 0 Å². The minimum absolute atomic E-state index is 0.169. The molecular formula is C20H27ClN3O2S+. The fraction of sp³-hybridized carbons (Fsp3) is 0.400. The molecule has 1 heterocycles. The molecule has 0 fully saturated rings. The average molecular weight is 409 g/mol. The van der Waals surface area contributed by atoms with Crippen molar-refractivity contribution in [3.05, 3.63) is 56.8 Å². The van der Waals surface area contributed by atoms with Crippen LogP contribution in [-0.2, 0) is 11.4 Å². The minimum atomic E-state index is 0.169. The molecule has 0 aliphatic heterocycles. The molecule has 2 aromatic rings.